The minimum atomic E-state index is 0.305. The summed E-state index contributed by atoms with van der Waals surface area (Å²) >= 11 is 0. The summed E-state index contributed by atoms with van der Waals surface area (Å²) in [6.07, 6.45) is 8.58. The third-order valence-electron chi connectivity index (χ3n) is 3.21. The van der Waals surface area contributed by atoms with Crippen LogP contribution in [0.4, 0.5) is 5.82 Å². The fraction of sp³-hybridized carbons (Fsp3) is 0.125. The molecule has 6 heteroatoms. The number of benzene rings is 1. The molecule has 3 rings (SSSR count). The van der Waals surface area contributed by atoms with Gasteiger partial charge >= 0.3 is 0 Å². The summed E-state index contributed by atoms with van der Waals surface area (Å²) in [4.78, 5) is 12.1. The molecule has 0 aliphatic rings. The molecule has 0 spiro atoms. The molecule has 0 bridgehead atoms. The Morgan fingerprint density at radius 2 is 1.82 bits per heavy atom. The van der Waals surface area contributed by atoms with Crippen LogP contribution in [-0.2, 0) is 13.1 Å². The van der Waals surface area contributed by atoms with Gasteiger partial charge in [0.25, 0.3) is 0 Å². The van der Waals surface area contributed by atoms with Crippen molar-refractivity contribution in [3.63, 3.8) is 0 Å². The van der Waals surface area contributed by atoms with Crippen molar-refractivity contribution in [2.45, 2.75) is 13.1 Å². The average Bonchev–Trinajstić information content (AvgIpc) is 3.07. The number of aromatic nitrogens is 4. The zero-order valence-electron chi connectivity index (χ0n) is 11.8. The first kappa shape index (κ1) is 13.8. The number of hydrogen-bond acceptors (Lipinski definition) is 5. The molecule has 0 atom stereocenters. The van der Waals surface area contributed by atoms with Gasteiger partial charge in [-0.15, -0.1) is 0 Å². The zero-order chi connectivity index (χ0) is 15.2. The summed E-state index contributed by atoms with van der Waals surface area (Å²) in [6.45, 7) is 1.40. The summed E-state index contributed by atoms with van der Waals surface area (Å²) in [5, 5.41) is 12.1. The Morgan fingerprint density at radius 3 is 2.55 bits per heavy atom. The largest absolute Gasteiger partial charge is 0.364 e. The molecule has 0 amide bonds. The minimum Gasteiger partial charge on any atom is -0.364 e. The quantitative estimate of drug-likeness (QED) is 0.779. The van der Waals surface area contributed by atoms with Crippen LogP contribution < -0.4 is 5.32 Å². The molecule has 6 nitrogen and oxygen atoms in total. The van der Waals surface area contributed by atoms with Crippen LogP contribution in [0.1, 0.15) is 16.8 Å². The monoisotopic (exact) mass is 290 g/mol. The molecule has 2 aromatic heterocycles. The molecule has 3 aromatic rings. The van der Waals surface area contributed by atoms with Crippen molar-refractivity contribution in [2.24, 2.45) is 0 Å². The predicted octanol–water partition coefficient (Wildman–Crippen LogP) is 2.21. The molecule has 0 aliphatic heterocycles. The molecule has 1 aromatic carbocycles. The topological polar surface area (TPSA) is 79.4 Å². The summed E-state index contributed by atoms with van der Waals surface area (Å²) in [5.74, 6) is 0.507. The van der Waals surface area contributed by atoms with Crippen molar-refractivity contribution in [1.29, 1.82) is 5.26 Å². The Kier molecular flexibility index (Phi) is 4.07. The molecule has 0 radical (unpaired) electrons. The van der Waals surface area contributed by atoms with Crippen molar-refractivity contribution in [2.75, 3.05) is 5.32 Å². The molecule has 0 saturated carbocycles. The van der Waals surface area contributed by atoms with Crippen molar-refractivity contribution in [3.8, 4) is 6.07 Å². The van der Waals surface area contributed by atoms with Gasteiger partial charge in [0.1, 0.15) is 6.07 Å². The molecule has 22 heavy (non-hydrogen) atoms. The molecular weight excluding hydrogens is 276 g/mol. The van der Waals surface area contributed by atoms with Crippen LogP contribution >= 0.6 is 0 Å². The molecule has 108 valence electrons. The van der Waals surface area contributed by atoms with Gasteiger partial charge in [0.15, 0.2) is 11.5 Å². The second-order valence-corrected chi connectivity index (χ2v) is 4.77. The number of imidazole rings is 1. The van der Waals surface area contributed by atoms with E-state index in [0.29, 0.717) is 18.1 Å². The van der Waals surface area contributed by atoms with Crippen LogP contribution in [0.3, 0.4) is 0 Å². The molecule has 0 aliphatic carbocycles. The lowest BCUT2D eigenvalue weighted by atomic mass is 10.1. The van der Waals surface area contributed by atoms with Crippen LogP contribution in [-0.4, -0.2) is 19.5 Å². The first-order valence-electron chi connectivity index (χ1n) is 6.83. The molecular formula is C16H14N6. The van der Waals surface area contributed by atoms with Gasteiger partial charge in [0.05, 0.1) is 6.33 Å². The fourth-order valence-electron chi connectivity index (χ4n) is 2.09. The Labute approximate surface area is 128 Å². The first-order valence-corrected chi connectivity index (χ1v) is 6.83. The Balaban J connectivity index is 1.63. The average molecular weight is 290 g/mol. The molecule has 0 unspecified atom stereocenters. The van der Waals surface area contributed by atoms with Gasteiger partial charge in [-0.25, -0.2) is 15.0 Å². The fourth-order valence-corrected chi connectivity index (χ4v) is 2.09. The highest BCUT2D eigenvalue weighted by atomic mass is 15.0. The number of rotatable bonds is 5. The number of nitrogens with zero attached hydrogens (tertiary/aromatic N) is 5. The van der Waals surface area contributed by atoms with Crippen LogP contribution in [0.15, 0.2) is 55.4 Å². The van der Waals surface area contributed by atoms with E-state index in [4.69, 9.17) is 5.26 Å². The Bertz CT molecular complexity index is 771. The van der Waals surface area contributed by atoms with E-state index in [1.54, 1.807) is 18.7 Å². The molecule has 2 heterocycles. The summed E-state index contributed by atoms with van der Waals surface area (Å²) in [6, 6.07) is 10.3. The van der Waals surface area contributed by atoms with E-state index in [0.717, 1.165) is 12.1 Å². The molecule has 1 N–H and O–H groups in total. The Hall–Kier alpha value is -3.20. The van der Waals surface area contributed by atoms with Crippen molar-refractivity contribution < 1.29 is 0 Å². The summed E-state index contributed by atoms with van der Waals surface area (Å²) < 4.78 is 2.02. The highest BCUT2D eigenvalue weighted by molar-refractivity contribution is 5.47. The third-order valence-corrected chi connectivity index (χ3v) is 3.21. The molecule has 0 fully saturated rings. The van der Waals surface area contributed by atoms with Gasteiger partial charge in [-0.05, 0) is 11.1 Å². The zero-order valence-corrected chi connectivity index (χ0v) is 11.8. The van der Waals surface area contributed by atoms with Crippen LogP contribution in [0.5, 0.6) is 0 Å². The lowest BCUT2D eigenvalue weighted by Gasteiger charge is -2.08. The van der Waals surface area contributed by atoms with E-state index in [-0.39, 0.29) is 0 Å². The van der Waals surface area contributed by atoms with Gasteiger partial charge < -0.3 is 9.88 Å². The van der Waals surface area contributed by atoms with Crippen LogP contribution in [0.2, 0.25) is 0 Å². The lowest BCUT2D eigenvalue weighted by molar-refractivity contribution is 0.797. The van der Waals surface area contributed by atoms with Gasteiger partial charge in [-0.1, -0.05) is 24.3 Å². The highest BCUT2D eigenvalue weighted by Gasteiger charge is 2.03. The van der Waals surface area contributed by atoms with E-state index in [1.807, 2.05) is 16.8 Å². The number of nitrogens with one attached hydrogen (secondary N) is 1. The van der Waals surface area contributed by atoms with Crippen molar-refractivity contribution in [1.82, 2.24) is 19.5 Å². The third kappa shape index (κ3) is 3.27. The van der Waals surface area contributed by atoms with E-state index < -0.39 is 0 Å². The number of hydrogen-bond donors (Lipinski definition) is 1. The van der Waals surface area contributed by atoms with Crippen molar-refractivity contribution in [3.05, 3.63) is 72.2 Å². The highest BCUT2D eigenvalue weighted by Crippen LogP contribution is 2.11. The normalized spacial score (nSPS) is 10.1. The summed E-state index contributed by atoms with van der Waals surface area (Å²) in [7, 11) is 0. The van der Waals surface area contributed by atoms with E-state index in [2.05, 4.69) is 44.5 Å². The first-order chi connectivity index (χ1) is 10.8. The van der Waals surface area contributed by atoms with Gasteiger partial charge in [0, 0.05) is 37.9 Å². The predicted molar refractivity (Wildman–Crippen MR) is 81.8 cm³/mol. The van der Waals surface area contributed by atoms with Gasteiger partial charge in [-0.3, -0.25) is 0 Å². The number of anilines is 1. The maximum Gasteiger partial charge on any atom is 0.182 e. The van der Waals surface area contributed by atoms with Gasteiger partial charge in [0.2, 0.25) is 0 Å². The van der Waals surface area contributed by atoms with Crippen LogP contribution in [0, 0.1) is 11.3 Å². The van der Waals surface area contributed by atoms with Gasteiger partial charge in [-0.2, -0.15) is 5.26 Å². The van der Waals surface area contributed by atoms with E-state index in [9.17, 15) is 0 Å². The van der Waals surface area contributed by atoms with Crippen molar-refractivity contribution >= 4 is 5.82 Å². The lowest BCUT2D eigenvalue weighted by Crippen LogP contribution is -2.04. The Morgan fingerprint density at radius 1 is 1.05 bits per heavy atom. The smallest absolute Gasteiger partial charge is 0.182 e. The summed E-state index contributed by atoms with van der Waals surface area (Å²) in [5.41, 5.74) is 2.63. The van der Waals surface area contributed by atoms with E-state index >= 15 is 0 Å². The van der Waals surface area contributed by atoms with E-state index in [1.165, 1.54) is 11.8 Å². The second kappa shape index (κ2) is 6.50. The second-order valence-electron chi connectivity index (χ2n) is 4.77. The minimum absolute atomic E-state index is 0.305. The standard InChI is InChI=1S/C16H14N6/c17-9-15-16(20-6-5-19-15)21-10-13-1-3-14(4-2-13)11-22-8-7-18-12-22/h1-8,12H,10-11H2,(H,20,21). The maximum atomic E-state index is 8.97. The maximum absolute atomic E-state index is 8.97. The number of nitriles is 1. The van der Waals surface area contributed by atoms with Crippen LogP contribution in [0.25, 0.3) is 0 Å². The molecule has 0 saturated heterocycles. The SMILES string of the molecule is N#Cc1nccnc1NCc1ccc(Cn2ccnc2)cc1.